The smallest absolute Gasteiger partial charge is 0.133 e. The lowest BCUT2D eigenvalue weighted by atomic mass is 9.85. The third kappa shape index (κ3) is 2.95. The van der Waals surface area contributed by atoms with E-state index in [4.69, 9.17) is 5.73 Å². The second kappa shape index (κ2) is 5.52. The van der Waals surface area contributed by atoms with Crippen molar-refractivity contribution < 1.29 is 5.11 Å². The van der Waals surface area contributed by atoms with Gasteiger partial charge >= 0.3 is 0 Å². The second-order valence-electron chi connectivity index (χ2n) is 4.11. The van der Waals surface area contributed by atoms with Crippen LogP contribution in [0, 0.1) is 5.92 Å². The van der Waals surface area contributed by atoms with Crippen LogP contribution >= 0.6 is 15.9 Å². The van der Waals surface area contributed by atoms with Gasteiger partial charge in [-0.1, -0.05) is 26.0 Å². The highest BCUT2D eigenvalue weighted by Crippen LogP contribution is 2.37. The van der Waals surface area contributed by atoms with E-state index in [0.29, 0.717) is 24.1 Å². The maximum Gasteiger partial charge on any atom is 0.133 e. The van der Waals surface area contributed by atoms with Crippen molar-refractivity contribution in [1.82, 2.24) is 0 Å². The summed E-state index contributed by atoms with van der Waals surface area (Å²) in [5.41, 5.74) is 6.59. The summed E-state index contributed by atoms with van der Waals surface area (Å²) >= 11 is 3.33. The molecule has 1 aromatic carbocycles. The number of aromatic hydroxyl groups is 1. The molecule has 0 saturated carbocycles. The molecule has 0 aliphatic heterocycles. The van der Waals surface area contributed by atoms with E-state index in [0.717, 1.165) is 16.5 Å². The Hall–Kier alpha value is -0.540. The van der Waals surface area contributed by atoms with Crippen LogP contribution in [0.4, 0.5) is 0 Å². The van der Waals surface area contributed by atoms with Crippen LogP contribution in [0.1, 0.15) is 31.7 Å². The minimum Gasteiger partial charge on any atom is -0.506 e. The molecule has 0 saturated heterocycles. The largest absolute Gasteiger partial charge is 0.506 e. The van der Waals surface area contributed by atoms with Crippen LogP contribution in [-0.2, 0) is 0 Å². The molecule has 0 bridgehead atoms. The second-order valence-corrected chi connectivity index (χ2v) is 4.96. The number of nitrogens with two attached hydrogens (primary N) is 1. The third-order valence-corrected chi connectivity index (χ3v) is 3.34. The quantitative estimate of drug-likeness (QED) is 0.883. The van der Waals surface area contributed by atoms with Crippen molar-refractivity contribution >= 4 is 15.9 Å². The van der Waals surface area contributed by atoms with Gasteiger partial charge in [0, 0.05) is 0 Å². The molecule has 1 aromatic rings. The molecule has 2 nitrogen and oxygen atoms in total. The molecular weight excluding hydrogens is 254 g/mol. The summed E-state index contributed by atoms with van der Waals surface area (Å²) in [5.74, 6) is 1.16. The van der Waals surface area contributed by atoms with E-state index < -0.39 is 0 Å². The lowest BCUT2D eigenvalue weighted by Crippen LogP contribution is -2.12. The molecule has 0 amide bonds. The molecule has 0 radical (unpaired) electrons. The van der Waals surface area contributed by atoms with Crippen LogP contribution in [0.3, 0.4) is 0 Å². The minimum absolute atomic E-state index is 0.326. The van der Waals surface area contributed by atoms with E-state index in [1.807, 2.05) is 18.2 Å². The number of rotatable bonds is 4. The summed E-state index contributed by atoms with van der Waals surface area (Å²) in [7, 11) is 0. The lowest BCUT2D eigenvalue weighted by Gasteiger charge is -2.22. The first-order valence-electron chi connectivity index (χ1n) is 5.25. The van der Waals surface area contributed by atoms with Crippen LogP contribution in [0.2, 0.25) is 0 Å². The Morgan fingerprint density at radius 1 is 1.40 bits per heavy atom. The lowest BCUT2D eigenvalue weighted by molar-refractivity contribution is 0.423. The molecular formula is C12H18BrNO. The highest BCUT2D eigenvalue weighted by atomic mass is 79.9. The van der Waals surface area contributed by atoms with E-state index in [9.17, 15) is 5.11 Å². The SMILES string of the molecule is CC(C)C(CCN)c1cccc(Br)c1O. The summed E-state index contributed by atoms with van der Waals surface area (Å²) < 4.78 is 0.752. The van der Waals surface area contributed by atoms with E-state index in [-0.39, 0.29) is 0 Å². The molecule has 0 aliphatic carbocycles. The standard InChI is InChI=1S/C12H18BrNO/c1-8(2)9(6-7-14)10-4-3-5-11(13)12(10)15/h3-5,8-9,15H,6-7,14H2,1-2H3. The van der Waals surface area contributed by atoms with Gasteiger partial charge < -0.3 is 10.8 Å². The number of hydrogen-bond donors (Lipinski definition) is 2. The number of phenolic OH excluding ortho intramolecular Hbond substituents is 1. The molecule has 0 heterocycles. The Labute approximate surface area is 99.6 Å². The van der Waals surface area contributed by atoms with Gasteiger partial charge in [0.1, 0.15) is 5.75 Å². The highest BCUT2D eigenvalue weighted by molar-refractivity contribution is 9.10. The van der Waals surface area contributed by atoms with Gasteiger partial charge in [-0.2, -0.15) is 0 Å². The van der Waals surface area contributed by atoms with Crippen molar-refractivity contribution in [3.8, 4) is 5.75 Å². The number of para-hydroxylation sites is 1. The Balaban J connectivity index is 3.05. The maximum absolute atomic E-state index is 9.96. The van der Waals surface area contributed by atoms with Gasteiger partial charge in [0.15, 0.2) is 0 Å². The Bertz CT molecular complexity index is 325. The van der Waals surface area contributed by atoms with Gasteiger partial charge in [0.05, 0.1) is 4.47 Å². The third-order valence-electron chi connectivity index (χ3n) is 2.70. The van der Waals surface area contributed by atoms with Crippen LogP contribution in [-0.4, -0.2) is 11.7 Å². The van der Waals surface area contributed by atoms with Gasteiger partial charge in [0.2, 0.25) is 0 Å². The van der Waals surface area contributed by atoms with Crippen molar-refractivity contribution in [2.24, 2.45) is 11.7 Å². The maximum atomic E-state index is 9.96. The fourth-order valence-electron chi connectivity index (χ4n) is 1.86. The van der Waals surface area contributed by atoms with E-state index >= 15 is 0 Å². The zero-order valence-electron chi connectivity index (χ0n) is 9.20. The van der Waals surface area contributed by atoms with Gasteiger partial charge in [-0.25, -0.2) is 0 Å². The summed E-state index contributed by atoms with van der Waals surface area (Å²) in [6.07, 6.45) is 0.904. The van der Waals surface area contributed by atoms with Crippen molar-refractivity contribution in [1.29, 1.82) is 0 Å². The van der Waals surface area contributed by atoms with E-state index in [1.165, 1.54) is 0 Å². The molecule has 0 aliphatic rings. The predicted molar refractivity (Wildman–Crippen MR) is 67.1 cm³/mol. The molecule has 1 atom stereocenters. The molecule has 1 unspecified atom stereocenters. The normalized spacial score (nSPS) is 13.1. The summed E-state index contributed by atoms with van der Waals surface area (Å²) in [5, 5.41) is 9.96. The zero-order valence-corrected chi connectivity index (χ0v) is 10.8. The number of hydrogen-bond acceptors (Lipinski definition) is 2. The Morgan fingerprint density at radius 2 is 2.07 bits per heavy atom. The Morgan fingerprint density at radius 3 is 2.60 bits per heavy atom. The van der Waals surface area contributed by atoms with E-state index in [1.54, 1.807) is 0 Å². The average Bonchev–Trinajstić information content (AvgIpc) is 2.19. The topological polar surface area (TPSA) is 46.2 Å². The molecule has 1 rings (SSSR count). The molecule has 3 N–H and O–H groups in total. The van der Waals surface area contributed by atoms with Crippen molar-refractivity contribution in [2.75, 3.05) is 6.54 Å². The van der Waals surface area contributed by atoms with Crippen molar-refractivity contribution in [3.05, 3.63) is 28.2 Å². The number of halogens is 1. The van der Waals surface area contributed by atoms with Crippen LogP contribution in [0.5, 0.6) is 5.75 Å². The van der Waals surface area contributed by atoms with Gasteiger partial charge in [-0.05, 0) is 52.4 Å². The summed E-state index contributed by atoms with van der Waals surface area (Å²) in [6, 6.07) is 5.77. The zero-order chi connectivity index (χ0) is 11.4. The fourth-order valence-corrected chi connectivity index (χ4v) is 2.24. The first kappa shape index (κ1) is 12.5. The molecule has 15 heavy (non-hydrogen) atoms. The predicted octanol–water partition coefficient (Wildman–Crippen LogP) is 3.24. The first-order valence-corrected chi connectivity index (χ1v) is 6.04. The molecule has 84 valence electrons. The van der Waals surface area contributed by atoms with Crippen LogP contribution in [0.15, 0.2) is 22.7 Å². The van der Waals surface area contributed by atoms with Gasteiger partial charge in [-0.3, -0.25) is 0 Å². The molecule has 0 aromatic heterocycles. The van der Waals surface area contributed by atoms with Crippen LogP contribution < -0.4 is 5.73 Å². The average molecular weight is 272 g/mol. The number of phenols is 1. The summed E-state index contributed by atoms with van der Waals surface area (Å²) in [4.78, 5) is 0. The molecule has 3 heteroatoms. The van der Waals surface area contributed by atoms with E-state index in [2.05, 4.69) is 29.8 Å². The van der Waals surface area contributed by atoms with Gasteiger partial charge in [-0.15, -0.1) is 0 Å². The highest BCUT2D eigenvalue weighted by Gasteiger charge is 2.19. The van der Waals surface area contributed by atoms with Gasteiger partial charge in [0.25, 0.3) is 0 Å². The van der Waals surface area contributed by atoms with Crippen molar-refractivity contribution in [3.63, 3.8) is 0 Å². The monoisotopic (exact) mass is 271 g/mol. The molecule has 0 spiro atoms. The number of benzene rings is 1. The fraction of sp³-hybridized carbons (Fsp3) is 0.500. The minimum atomic E-state index is 0.326. The first-order chi connectivity index (χ1) is 7.07. The summed E-state index contributed by atoms with van der Waals surface area (Å²) in [6.45, 7) is 4.95. The Kier molecular flexibility index (Phi) is 4.61. The van der Waals surface area contributed by atoms with Crippen molar-refractivity contribution in [2.45, 2.75) is 26.2 Å². The van der Waals surface area contributed by atoms with Crippen LogP contribution in [0.25, 0.3) is 0 Å². The molecule has 0 fully saturated rings.